The van der Waals surface area contributed by atoms with Crippen molar-refractivity contribution in [3.8, 4) is 22.5 Å². The summed E-state index contributed by atoms with van der Waals surface area (Å²) in [5, 5.41) is 18.3. The second-order valence-corrected chi connectivity index (χ2v) is 24.9. The second-order valence-electron chi connectivity index (χ2n) is 24.9. The number of piperazine rings is 3. The average Bonchev–Trinajstić information content (AvgIpc) is 1.35. The van der Waals surface area contributed by atoms with E-state index in [1.54, 1.807) is 49.3 Å². The first-order chi connectivity index (χ1) is 46.4. The zero-order valence-corrected chi connectivity index (χ0v) is 56.2. The lowest BCUT2D eigenvalue weighted by atomic mass is 10.1. The number of amides is 1. The third-order valence-corrected chi connectivity index (χ3v) is 16.6. The lowest BCUT2D eigenvalue weighted by Gasteiger charge is -2.32. The predicted molar refractivity (Wildman–Crippen MR) is 382 cm³/mol. The quantitative estimate of drug-likeness (QED) is 0.0396. The minimum atomic E-state index is -0.865. The number of esters is 1. The number of nitrogens with one attached hydrogen (secondary N) is 3. The molecule has 3 fully saturated rings. The number of carboxylic acid groups (broad SMARTS) is 1. The first kappa shape index (κ1) is 70.4. The molecule has 4 aromatic heterocycles. The number of benzene rings is 5. The van der Waals surface area contributed by atoms with Gasteiger partial charge in [0.2, 0.25) is 11.9 Å². The maximum atomic E-state index is 12.9. The van der Waals surface area contributed by atoms with Crippen molar-refractivity contribution >= 4 is 52.5 Å². The van der Waals surface area contributed by atoms with Gasteiger partial charge in [0.05, 0.1) is 29.1 Å². The molecule has 1 amide bonds. The van der Waals surface area contributed by atoms with Gasteiger partial charge in [0.25, 0.3) is 5.91 Å². The van der Waals surface area contributed by atoms with Crippen molar-refractivity contribution in [2.45, 2.75) is 47.3 Å². The van der Waals surface area contributed by atoms with Crippen LogP contribution in [0.25, 0.3) is 22.5 Å². The van der Waals surface area contributed by atoms with Crippen LogP contribution in [0.15, 0.2) is 183 Å². The number of pyridine rings is 2. The summed E-state index contributed by atoms with van der Waals surface area (Å²) in [5.41, 5.74) is 19.8. The van der Waals surface area contributed by atoms with Crippen LogP contribution >= 0.6 is 0 Å². The predicted octanol–water partition coefficient (Wildman–Crippen LogP) is 11.1. The molecule has 21 heteroatoms. The molecular formula is C75H90N16O5. The van der Waals surface area contributed by atoms with Crippen LogP contribution in [0.3, 0.4) is 0 Å². The molecule has 0 atom stereocenters. The zero-order chi connectivity index (χ0) is 67.8. The van der Waals surface area contributed by atoms with Crippen molar-refractivity contribution in [2.75, 3.05) is 128 Å². The molecule has 3 aliphatic heterocycles. The molecule has 0 unspecified atom stereocenters. The summed E-state index contributed by atoms with van der Waals surface area (Å²) in [6.07, 6.45) is 10.4. The summed E-state index contributed by atoms with van der Waals surface area (Å²) in [5.74, 6) is 0.140. The molecule has 6 N–H and O–H groups in total. The molecule has 7 heterocycles. The monoisotopic (exact) mass is 1290 g/mol. The number of nitrogen functional groups attached to an aromatic ring is 1. The van der Waals surface area contributed by atoms with Crippen molar-refractivity contribution in [3.63, 3.8) is 0 Å². The van der Waals surface area contributed by atoms with Gasteiger partial charge in [-0.25, -0.2) is 29.5 Å². The lowest BCUT2D eigenvalue weighted by molar-refractivity contribution is 0.0458. The fraction of sp³-hybridized carbons (Fsp3) is 0.320. The van der Waals surface area contributed by atoms with Crippen LogP contribution in [-0.4, -0.2) is 189 Å². The Balaban J connectivity index is 0.000000158. The number of aromatic carboxylic acids is 1. The smallest absolute Gasteiger partial charge is 0.338 e. The largest absolute Gasteiger partial charge is 0.478 e. The number of nitrogens with zero attached hydrogens (tertiary/aromatic N) is 12. The number of rotatable bonds is 18. The summed E-state index contributed by atoms with van der Waals surface area (Å²) >= 11 is 0. The van der Waals surface area contributed by atoms with Gasteiger partial charge in [0.1, 0.15) is 0 Å². The Bertz CT molecular complexity index is 3900. The summed E-state index contributed by atoms with van der Waals surface area (Å²) in [6.45, 7) is 24.5. The number of hydrogen-bond acceptors (Lipinski definition) is 19. The molecule has 12 rings (SSSR count). The van der Waals surface area contributed by atoms with Gasteiger partial charge in [-0.3, -0.25) is 29.5 Å². The SMILES string of the molecule is CC(C)COC(=O)c1ccc(CN2CCN(C)CC2)cc1.CN1CCN(Cc2ccc(C(=O)O)cc2)CC1.Cc1ccc(N)cc1Nc1nccc(-c2cccnc2)n1.Cc1ccc(NC(=O)c2ccc(CN3CCN(C)CC3)cc2)cc1Nc1nccc(-c2cccnc2)n1. The third kappa shape index (κ3) is 22.4. The van der Waals surface area contributed by atoms with Gasteiger partial charge in [0.15, 0.2) is 0 Å². The highest BCUT2D eigenvalue weighted by molar-refractivity contribution is 6.04. The van der Waals surface area contributed by atoms with Crippen molar-refractivity contribution in [3.05, 3.63) is 227 Å². The number of anilines is 6. The summed E-state index contributed by atoms with van der Waals surface area (Å²) in [6, 6.07) is 45.7. The molecule has 96 heavy (non-hydrogen) atoms. The van der Waals surface area contributed by atoms with Gasteiger partial charge in [0, 0.05) is 175 Å². The van der Waals surface area contributed by atoms with Gasteiger partial charge >= 0.3 is 11.9 Å². The van der Waals surface area contributed by atoms with Crippen LogP contribution in [-0.2, 0) is 24.4 Å². The van der Waals surface area contributed by atoms with E-state index in [0.717, 1.165) is 143 Å². The van der Waals surface area contributed by atoms with Crippen LogP contribution in [0.1, 0.15) is 72.7 Å². The first-order valence-corrected chi connectivity index (χ1v) is 32.6. The molecular weight excluding hydrogens is 1200 g/mol. The van der Waals surface area contributed by atoms with Crippen LogP contribution in [0.2, 0.25) is 0 Å². The standard InChI is InChI=1S/C29H31N7O.C17H26N2O2.C16H15N5.C13H18N2O2/c1-21-5-10-25(18-27(21)34-29-31-13-11-26(33-29)24-4-3-12-30-19-24)32-28(37)23-8-6-22(7-9-23)20-36-16-14-35(2)15-17-36;1-14(2)13-21-17(20)16-6-4-15(5-7-16)12-19-10-8-18(3)9-11-19;1-11-4-5-13(17)9-15(11)21-16-19-8-6-14(20-16)12-3-2-7-18-10-12;1-14-6-8-15(9-7-14)10-11-2-4-12(5-3-11)13(16)17/h3-13,18-19H,14-17,20H2,1-2H3,(H,32,37)(H,31,33,34);4-7,14H,8-13H2,1-3H3;2-10H,17H2,1H3,(H,19,20,21);2-5H,6-10H2,1H3,(H,16,17). The first-order valence-electron chi connectivity index (χ1n) is 32.6. The number of carbonyl (C=O) groups excluding carboxylic acids is 2. The number of aryl methyl sites for hydroxylation is 2. The highest BCUT2D eigenvalue weighted by atomic mass is 16.5. The Hall–Kier alpha value is -9.87. The maximum Gasteiger partial charge on any atom is 0.338 e. The molecule has 5 aromatic carbocycles. The summed E-state index contributed by atoms with van der Waals surface area (Å²) in [4.78, 5) is 75.8. The Morgan fingerprint density at radius 2 is 0.927 bits per heavy atom. The highest BCUT2D eigenvalue weighted by Gasteiger charge is 2.18. The van der Waals surface area contributed by atoms with Crippen molar-refractivity contribution in [2.24, 2.45) is 5.92 Å². The van der Waals surface area contributed by atoms with Crippen LogP contribution in [0, 0.1) is 19.8 Å². The number of nitrogens with two attached hydrogens (primary N) is 1. The van der Waals surface area contributed by atoms with E-state index in [-0.39, 0.29) is 11.9 Å². The number of carbonyl (C=O) groups is 3. The number of likely N-dealkylation sites (N-methyl/N-ethyl adjacent to an activating group) is 3. The molecule has 0 aliphatic carbocycles. The molecule has 9 aromatic rings. The summed E-state index contributed by atoms with van der Waals surface area (Å²) < 4.78 is 5.24. The molecule has 0 spiro atoms. The summed E-state index contributed by atoms with van der Waals surface area (Å²) in [7, 11) is 6.46. The van der Waals surface area contributed by atoms with Gasteiger partial charge in [-0.2, -0.15) is 0 Å². The molecule has 21 nitrogen and oxygen atoms in total. The highest BCUT2D eigenvalue weighted by Crippen LogP contribution is 2.27. The topological polar surface area (TPSA) is 240 Å². The van der Waals surface area contributed by atoms with Crippen molar-refractivity contribution in [1.82, 2.24) is 59.3 Å². The minimum absolute atomic E-state index is 0.143. The van der Waals surface area contributed by atoms with E-state index < -0.39 is 5.97 Å². The second kappa shape index (κ2) is 35.6. The Morgan fingerprint density at radius 1 is 0.510 bits per heavy atom. The van der Waals surface area contributed by atoms with E-state index in [9.17, 15) is 14.4 Å². The Labute approximate surface area is 564 Å². The third-order valence-electron chi connectivity index (χ3n) is 16.6. The van der Waals surface area contributed by atoms with E-state index in [0.29, 0.717) is 52.5 Å². The molecule has 500 valence electrons. The van der Waals surface area contributed by atoms with E-state index in [1.807, 2.05) is 161 Å². The fourth-order valence-electron chi connectivity index (χ4n) is 10.6. The molecule has 3 aliphatic rings. The zero-order valence-electron chi connectivity index (χ0n) is 56.2. The van der Waals surface area contributed by atoms with Crippen molar-refractivity contribution < 1.29 is 24.2 Å². The van der Waals surface area contributed by atoms with E-state index in [4.69, 9.17) is 15.6 Å². The van der Waals surface area contributed by atoms with Crippen LogP contribution in [0.4, 0.5) is 34.6 Å². The number of ether oxygens (including phenoxy) is 1. The van der Waals surface area contributed by atoms with E-state index in [2.05, 4.69) is 96.4 Å². The van der Waals surface area contributed by atoms with E-state index >= 15 is 0 Å². The van der Waals surface area contributed by atoms with Crippen molar-refractivity contribution in [1.29, 1.82) is 0 Å². The number of hydrogen-bond donors (Lipinski definition) is 5. The van der Waals surface area contributed by atoms with Gasteiger partial charge < -0.3 is 46.2 Å². The Kier molecular flexibility index (Phi) is 26.1. The van der Waals surface area contributed by atoms with Crippen LogP contribution in [0.5, 0.6) is 0 Å². The molecule has 0 radical (unpaired) electrons. The maximum absolute atomic E-state index is 12.9. The average molecular weight is 1300 g/mol. The van der Waals surface area contributed by atoms with Gasteiger partial charge in [-0.05, 0) is 166 Å². The normalized spacial score (nSPS) is 14.8. The molecule has 3 saturated heterocycles. The van der Waals surface area contributed by atoms with Gasteiger partial charge in [-0.1, -0.05) is 62.4 Å². The number of carboxylic acids is 1. The molecule has 0 saturated carbocycles. The fourth-order valence-corrected chi connectivity index (χ4v) is 10.6. The Morgan fingerprint density at radius 3 is 1.34 bits per heavy atom. The lowest BCUT2D eigenvalue weighted by Crippen LogP contribution is -2.43. The molecule has 0 bridgehead atoms. The number of aromatic nitrogens is 6. The van der Waals surface area contributed by atoms with Crippen LogP contribution < -0.4 is 21.7 Å². The van der Waals surface area contributed by atoms with Gasteiger partial charge in [-0.15, -0.1) is 0 Å². The van der Waals surface area contributed by atoms with E-state index in [1.165, 1.54) is 16.7 Å². The minimum Gasteiger partial charge on any atom is -0.478 e.